The van der Waals surface area contributed by atoms with Crippen LogP contribution >= 0.6 is 11.6 Å². The van der Waals surface area contributed by atoms with Crippen LogP contribution in [0.2, 0.25) is 5.02 Å². The molecule has 202 valence electrons. The number of imidazole rings is 1. The molecule has 0 amide bonds. The lowest BCUT2D eigenvalue weighted by Crippen LogP contribution is -2.47. The summed E-state index contributed by atoms with van der Waals surface area (Å²) in [6.07, 6.45) is 2.81. The van der Waals surface area contributed by atoms with Crippen LogP contribution in [0.4, 0.5) is 0 Å². The molecule has 1 aromatic carbocycles. The quantitative estimate of drug-likeness (QED) is 0.398. The second kappa shape index (κ2) is 11.1. The monoisotopic (exact) mass is 550 g/mol. The van der Waals surface area contributed by atoms with Crippen LogP contribution in [0.5, 0.6) is 0 Å². The first-order valence-electron chi connectivity index (χ1n) is 12.5. The molecule has 37 heavy (non-hydrogen) atoms. The van der Waals surface area contributed by atoms with Crippen molar-refractivity contribution in [2.75, 3.05) is 45.0 Å². The van der Waals surface area contributed by atoms with Crippen molar-refractivity contribution in [2.24, 2.45) is 14.1 Å². The standard InChI is InChI=1S/C25H35ClN6O4S/c1-18-15-20(16-19(2)21(18)26)37(35,36)14-6-8-31-12-10-30(11-13-31)7-5-9-32-24(33)22-23(27-17-28(22)3)29(4)25(32)34/h15-17H,5-14H2,1-4H3. The average molecular weight is 551 g/mol. The summed E-state index contributed by atoms with van der Waals surface area (Å²) in [4.78, 5) is 34.6. The molecule has 3 aromatic rings. The van der Waals surface area contributed by atoms with Gasteiger partial charge in [-0.05, 0) is 63.0 Å². The van der Waals surface area contributed by atoms with Crippen molar-refractivity contribution in [1.29, 1.82) is 0 Å². The molecular weight excluding hydrogens is 516 g/mol. The van der Waals surface area contributed by atoms with Gasteiger partial charge >= 0.3 is 5.69 Å². The number of nitrogens with zero attached hydrogens (tertiary/aromatic N) is 6. The fourth-order valence-electron chi connectivity index (χ4n) is 4.96. The smallest absolute Gasteiger partial charge is 0.328 e. The van der Waals surface area contributed by atoms with E-state index in [1.54, 1.807) is 37.1 Å². The fraction of sp³-hybridized carbons (Fsp3) is 0.560. The van der Waals surface area contributed by atoms with E-state index < -0.39 is 9.84 Å². The number of halogens is 1. The molecule has 0 atom stereocenters. The molecule has 0 aliphatic carbocycles. The first-order valence-corrected chi connectivity index (χ1v) is 14.6. The van der Waals surface area contributed by atoms with Crippen LogP contribution in [0, 0.1) is 13.8 Å². The Hall–Kier alpha value is -2.47. The van der Waals surface area contributed by atoms with Crippen LogP contribution in [0.15, 0.2) is 32.9 Å². The summed E-state index contributed by atoms with van der Waals surface area (Å²) < 4.78 is 30.0. The summed E-state index contributed by atoms with van der Waals surface area (Å²) in [6, 6.07) is 3.31. The molecule has 4 rings (SSSR count). The summed E-state index contributed by atoms with van der Waals surface area (Å²) in [6.45, 7) is 8.99. The van der Waals surface area contributed by atoms with E-state index in [1.807, 2.05) is 13.8 Å². The van der Waals surface area contributed by atoms with Crippen LogP contribution in [-0.2, 0) is 30.5 Å². The third kappa shape index (κ3) is 5.84. The van der Waals surface area contributed by atoms with Crippen molar-refractivity contribution in [1.82, 2.24) is 28.5 Å². The highest BCUT2D eigenvalue weighted by Crippen LogP contribution is 2.25. The second-order valence-corrected chi connectivity index (χ2v) is 12.4. The van der Waals surface area contributed by atoms with E-state index >= 15 is 0 Å². The summed E-state index contributed by atoms with van der Waals surface area (Å²) in [5.41, 5.74) is 1.73. The van der Waals surface area contributed by atoms with Crippen molar-refractivity contribution in [3.8, 4) is 0 Å². The Morgan fingerprint density at radius 3 is 2.08 bits per heavy atom. The van der Waals surface area contributed by atoms with Gasteiger partial charge in [0.15, 0.2) is 21.0 Å². The second-order valence-electron chi connectivity index (χ2n) is 9.91. The first-order chi connectivity index (χ1) is 17.5. The maximum atomic E-state index is 12.8. The Kier molecular flexibility index (Phi) is 8.27. The van der Waals surface area contributed by atoms with E-state index in [-0.39, 0.29) is 17.0 Å². The van der Waals surface area contributed by atoms with Gasteiger partial charge in [-0.1, -0.05) is 11.6 Å². The van der Waals surface area contributed by atoms with Crippen molar-refractivity contribution in [3.63, 3.8) is 0 Å². The van der Waals surface area contributed by atoms with Gasteiger partial charge in [0.1, 0.15) is 0 Å². The fourth-order valence-corrected chi connectivity index (χ4v) is 6.53. The number of fused-ring (bicyclic) bond motifs is 1. The molecule has 1 fully saturated rings. The molecule has 0 bridgehead atoms. The van der Waals surface area contributed by atoms with E-state index in [9.17, 15) is 18.0 Å². The third-order valence-electron chi connectivity index (χ3n) is 7.18. The Balaban J connectivity index is 1.24. The van der Waals surface area contributed by atoms with Crippen molar-refractivity contribution in [2.45, 2.75) is 38.1 Å². The number of piperazine rings is 1. The number of hydrogen-bond donors (Lipinski definition) is 0. The highest BCUT2D eigenvalue weighted by atomic mass is 35.5. The van der Waals surface area contributed by atoms with Gasteiger partial charge in [0, 0.05) is 51.8 Å². The summed E-state index contributed by atoms with van der Waals surface area (Å²) in [5.74, 6) is 0.110. The lowest BCUT2D eigenvalue weighted by molar-refractivity contribution is 0.130. The predicted molar refractivity (Wildman–Crippen MR) is 145 cm³/mol. The number of hydrogen-bond acceptors (Lipinski definition) is 7. The van der Waals surface area contributed by atoms with Gasteiger partial charge in [-0.15, -0.1) is 0 Å². The van der Waals surface area contributed by atoms with Gasteiger partial charge in [-0.2, -0.15) is 0 Å². The maximum Gasteiger partial charge on any atom is 0.332 e. The van der Waals surface area contributed by atoms with Gasteiger partial charge < -0.3 is 14.4 Å². The van der Waals surface area contributed by atoms with E-state index in [0.29, 0.717) is 40.5 Å². The van der Waals surface area contributed by atoms with Crippen LogP contribution in [-0.4, -0.2) is 81.9 Å². The molecule has 1 aliphatic heterocycles. The zero-order chi connectivity index (χ0) is 26.9. The Morgan fingerprint density at radius 2 is 1.49 bits per heavy atom. The minimum atomic E-state index is -3.35. The van der Waals surface area contributed by atoms with Crippen LogP contribution in [0.3, 0.4) is 0 Å². The molecular formula is C25H35ClN6O4S. The molecule has 12 heteroatoms. The molecule has 0 spiro atoms. The molecule has 0 saturated carbocycles. The Morgan fingerprint density at radius 1 is 0.919 bits per heavy atom. The molecule has 0 N–H and O–H groups in total. The molecule has 2 aromatic heterocycles. The molecule has 0 unspecified atom stereocenters. The van der Waals surface area contributed by atoms with Gasteiger partial charge in [0.2, 0.25) is 0 Å². The summed E-state index contributed by atoms with van der Waals surface area (Å²) in [7, 11) is 0.0333. The number of rotatable bonds is 9. The largest absolute Gasteiger partial charge is 0.332 e. The average Bonchev–Trinajstić information content (AvgIpc) is 3.25. The molecule has 3 heterocycles. The maximum absolute atomic E-state index is 12.8. The van der Waals surface area contributed by atoms with Crippen molar-refractivity contribution < 1.29 is 8.42 Å². The van der Waals surface area contributed by atoms with Crippen LogP contribution < -0.4 is 11.2 Å². The van der Waals surface area contributed by atoms with E-state index in [0.717, 1.165) is 50.4 Å². The zero-order valence-electron chi connectivity index (χ0n) is 21.9. The Bertz CT molecular complexity index is 1490. The minimum absolute atomic E-state index is 0.110. The molecule has 1 saturated heterocycles. The van der Waals surface area contributed by atoms with Gasteiger partial charge in [-0.25, -0.2) is 18.2 Å². The zero-order valence-corrected chi connectivity index (χ0v) is 23.5. The third-order valence-corrected chi connectivity index (χ3v) is 9.55. The predicted octanol–water partition coefficient (Wildman–Crippen LogP) is 1.58. The SMILES string of the molecule is Cc1cc(S(=O)(=O)CCCN2CCN(CCCn3c(=O)c4c(ncn4C)n(C)c3=O)CC2)cc(C)c1Cl. The topological polar surface area (TPSA) is 102 Å². The number of sulfone groups is 1. The number of benzene rings is 1. The highest BCUT2D eigenvalue weighted by Gasteiger charge is 2.20. The number of aryl methyl sites for hydroxylation is 4. The van der Waals surface area contributed by atoms with Gasteiger partial charge in [0.25, 0.3) is 5.56 Å². The normalized spacial score (nSPS) is 15.6. The highest BCUT2D eigenvalue weighted by molar-refractivity contribution is 7.91. The molecule has 10 nitrogen and oxygen atoms in total. The van der Waals surface area contributed by atoms with E-state index in [2.05, 4.69) is 14.8 Å². The van der Waals surface area contributed by atoms with E-state index in [1.165, 1.54) is 9.13 Å². The van der Waals surface area contributed by atoms with Crippen molar-refractivity contribution >= 4 is 32.6 Å². The molecule has 0 radical (unpaired) electrons. The lowest BCUT2D eigenvalue weighted by atomic mass is 10.2. The van der Waals surface area contributed by atoms with Gasteiger partial charge in [0.05, 0.1) is 17.0 Å². The van der Waals surface area contributed by atoms with Crippen LogP contribution in [0.1, 0.15) is 24.0 Å². The minimum Gasteiger partial charge on any atom is -0.328 e. The van der Waals surface area contributed by atoms with Gasteiger partial charge in [-0.3, -0.25) is 13.9 Å². The van der Waals surface area contributed by atoms with Crippen LogP contribution in [0.25, 0.3) is 11.2 Å². The number of aromatic nitrogens is 4. The first kappa shape index (κ1) is 27.6. The summed E-state index contributed by atoms with van der Waals surface area (Å²) >= 11 is 6.18. The van der Waals surface area contributed by atoms with Crippen molar-refractivity contribution in [3.05, 3.63) is 55.4 Å². The Labute approximate surface area is 222 Å². The lowest BCUT2D eigenvalue weighted by Gasteiger charge is -2.34. The van der Waals surface area contributed by atoms with E-state index in [4.69, 9.17) is 11.6 Å². The summed E-state index contributed by atoms with van der Waals surface area (Å²) in [5, 5.41) is 0.612. The molecule has 1 aliphatic rings.